The van der Waals surface area contributed by atoms with Gasteiger partial charge in [0.2, 0.25) is 11.8 Å². The van der Waals surface area contributed by atoms with E-state index >= 15 is 0 Å². The van der Waals surface area contributed by atoms with Crippen LogP contribution in [0.3, 0.4) is 0 Å². The fourth-order valence-electron chi connectivity index (χ4n) is 1.91. The van der Waals surface area contributed by atoms with Gasteiger partial charge in [0, 0.05) is 6.07 Å². The first-order valence-corrected chi connectivity index (χ1v) is 6.80. The Hall–Kier alpha value is -2.56. The first-order chi connectivity index (χ1) is 10.1. The second-order valence-electron chi connectivity index (χ2n) is 4.94. The quantitative estimate of drug-likeness (QED) is 0.855. The van der Waals surface area contributed by atoms with Gasteiger partial charge in [0.1, 0.15) is 6.04 Å². The number of carbonyl (C=O) groups is 1. The van der Waals surface area contributed by atoms with Crippen LogP contribution in [0.15, 0.2) is 48.7 Å². The van der Waals surface area contributed by atoms with E-state index in [9.17, 15) is 4.79 Å². The van der Waals surface area contributed by atoms with Crippen LogP contribution in [0.2, 0.25) is 0 Å². The molecule has 1 heterocycles. The van der Waals surface area contributed by atoms with E-state index in [0.29, 0.717) is 11.6 Å². The van der Waals surface area contributed by atoms with Gasteiger partial charge in [-0.1, -0.05) is 30.3 Å². The minimum absolute atomic E-state index is 0.0685. The normalized spacial score (nSPS) is 12.0. The molecule has 1 amide bonds. The maximum atomic E-state index is 11.6. The molecule has 1 aromatic carbocycles. The first kappa shape index (κ1) is 14.8. The molecule has 0 radical (unpaired) electrons. The Labute approximate surface area is 124 Å². The van der Waals surface area contributed by atoms with Crippen molar-refractivity contribution in [1.82, 2.24) is 4.98 Å². The van der Waals surface area contributed by atoms with Gasteiger partial charge in [-0.2, -0.15) is 0 Å². The molecule has 0 saturated heterocycles. The summed E-state index contributed by atoms with van der Waals surface area (Å²) in [5, 5.41) is 3.08. The fraction of sp³-hybridized carbons (Fsp3) is 0.250. The Balaban J connectivity index is 2.13. The van der Waals surface area contributed by atoms with Gasteiger partial charge in [-0.05, 0) is 25.5 Å². The van der Waals surface area contributed by atoms with Crippen molar-refractivity contribution in [2.75, 3.05) is 5.32 Å². The Kier molecular flexibility index (Phi) is 4.77. The average Bonchev–Trinajstić information content (AvgIpc) is 2.46. The zero-order valence-electron chi connectivity index (χ0n) is 12.1. The third-order valence-corrected chi connectivity index (χ3v) is 2.82. The molecular weight excluding hydrogens is 266 g/mol. The van der Waals surface area contributed by atoms with Crippen molar-refractivity contribution in [3.63, 3.8) is 0 Å². The molecule has 0 aliphatic carbocycles. The molecule has 2 rings (SSSR count). The van der Waals surface area contributed by atoms with Crippen molar-refractivity contribution < 1.29 is 9.53 Å². The highest BCUT2D eigenvalue weighted by atomic mass is 16.5. The number of pyridine rings is 1. The molecule has 21 heavy (non-hydrogen) atoms. The van der Waals surface area contributed by atoms with Crippen molar-refractivity contribution in [1.29, 1.82) is 0 Å². The number of hydrogen-bond acceptors (Lipinski definition) is 4. The summed E-state index contributed by atoms with van der Waals surface area (Å²) in [6, 6.07) is 12.3. The van der Waals surface area contributed by atoms with E-state index in [1.807, 2.05) is 50.2 Å². The molecule has 0 aliphatic heterocycles. The van der Waals surface area contributed by atoms with Crippen molar-refractivity contribution in [3.8, 4) is 5.88 Å². The van der Waals surface area contributed by atoms with E-state index in [4.69, 9.17) is 10.5 Å². The van der Waals surface area contributed by atoms with Crippen molar-refractivity contribution in [2.45, 2.75) is 26.0 Å². The van der Waals surface area contributed by atoms with Crippen LogP contribution >= 0.6 is 0 Å². The second kappa shape index (κ2) is 6.74. The zero-order chi connectivity index (χ0) is 15.2. The summed E-state index contributed by atoms with van der Waals surface area (Å²) in [5.74, 6) is 0.106. The summed E-state index contributed by atoms with van der Waals surface area (Å²) in [7, 11) is 0. The van der Waals surface area contributed by atoms with Crippen LogP contribution in [0.5, 0.6) is 5.88 Å². The fourth-order valence-corrected chi connectivity index (χ4v) is 1.91. The number of hydrogen-bond donors (Lipinski definition) is 2. The smallest absolute Gasteiger partial charge is 0.244 e. The number of rotatable bonds is 6. The Morgan fingerprint density at radius 3 is 2.43 bits per heavy atom. The molecular formula is C16H19N3O2. The number of benzene rings is 1. The maximum Gasteiger partial charge on any atom is 0.244 e. The summed E-state index contributed by atoms with van der Waals surface area (Å²) in [6.07, 6.45) is 1.69. The number of nitrogens with zero attached hydrogens (tertiary/aromatic N) is 1. The molecule has 1 atom stereocenters. The molecule has 0 bridgehead atoms. The molecule has 0 saturated carbocycles. The van der Waals surface area contributed by atoms with Crippen molar-refractivity contribution in [2.24, 2.45) is 5.73 Å². The SMILES string of the molecule is CC(C)Oc1ccc(N[C@H](C(N)=O)c2ccccc2)cn1. The van der Waals surface area contributed by atoms with Gasteiger partial charge in [-0.3, -0.25) is 4.79 Å². The molecule has 5 nitrogen and oxygen atoms in total. The summed E-state index contributed by atoms with van der Waals surface area (Å²) >= 11 is 0. The summed E-state index contributed by atoms with van der Waals surface area (Å²) < 4.78 is 5.48. The molecule has 0 fully saturated rings. The third kappa shape index (κ3) is 4.21. The highest BCUT2D eigenvalue weighted by Crippen LogP contribution is 2.20. The van der Waals surface area contributed by atoms with E-state index in [1.165, 1.54) is 0 Å². The first-order valence-electron chi connectivity index (χ1n) is 6.80. The molecule has 110 valence electrons. The predicted molar refractivity (Wildman–Crippen MR) is 82.0 cm³/mol. The number of primary amides is 1. The van der Waals surface area contributed by atoms with Gasteiger partial charge in [-0.15, -0.1) is 0 Å². The van der Waals surface area contributed by atoms with E-state index in [-0.39, 0.29) is 6.10 Å². The summed E-state index contributed by atoms with van der Waals surface area (Å²) in [4.78, 5) is 15.8. The summed E-state index contributed by atoms with van der Waals surface area (Å²) in [6.45, 7) is 3.87. The van der Waals surface area contributed by atoms with Crippen molar-refractivity contribution in [3.05, 3.63) is 54.2 Å². The Morgan fingerprint density at radius 2 is 1.90 bits per heavy atom. The number of ether oxygens (including phenoxy) is 1. The van der Waals surface area contributed by atoms with Crippen LogP contribution in [0.25, 0.3) is 0 Å². The summed E-state index contributed by atoms with van der Waals surface area (Å²) in [5.41, 5.74) is 6.99. The van der Waals surface area contributed by atoms with E-state index < -0.39 is 11.9 Å². The lowest BCUT2D eigenvalue weighted by Gasteiger charge is -2.17. The highest BCUT2D eigenvalue weighted by molar-refractivity contribution is 5.84. The van der Waals surface area contributed by atoms with Crippen molar-refractivity contribution >= 4 is 11.6 Å². The minimum atomic E-state index is -0.593. The predicted octanol–water partition coefficient (Wildman–Crippen LogP) is 2.51. The minimum Gasteiger partial charge on any atom is -0.475 e. The van der Waals surface area contributed by atoms with Gasteiger partial charge < -0.3 is 15.8 Å². The Bertz CT molecular complexity index is 582. The highest BCUT2D eigenvalue weighted by Gasteiger charge is 2.17. The van der Waals surface area contributed by atoms with Crippen LogP contribution in [0.4, 0.5) is 5.69 Å². The largest absolute Gasteiger partial charge is 0.475 e. The molecule has 0 unspecified atom stereocenters. The van der Waals surface area contributed by atoms with Crippen LogP contribution < -0.4 is 15.8 Å². The number of aromatic nitrogens is 1. The molecule has 3 N–H and O–H groups in total. The molecule has 0 aliphatic rings. The average molecular weight is 285 g/mol. The third-order valence-electron chi connectivity index (χ3n) is 2.82. The van der Waals surface area contributed by atoms with Crippen LogP contribution in [-0.2, 0) is 4.79 Å². The number of anilines is 1. The maximum absolute atomic E-state index is 11.6. The van der Waals surface area contributed by atoms with Crippen LogP contribution in [-0.4, -0.2) is 17.0 Å². The number of nitrogens with two attached hydrogens (primary N) is 1. The number of nitrogens with one attached hydrogen (secondary N) is 1. The van der Waals surface area contributed by atoms with Crippen LogP contribution in [0, 0.1) is 0 Å². The van der Waals surface area contributed by atoms with E-state index in [1.54, 1.807) is 12.3 Å². The lowest BCUT2D eigenvalue weighted by atomic mass is 10.1. The monoisotopic (exact) mass is 285 g/mol. The lowest BCUT2D eigenvalue weighted by molar-refractivity contribution is -0.118. The van der Waals surface area contributed by atoms with Gasteiger partial charge >= 0.3 is 0 Å². The standard InChI is InChI=1S/C16H19N3O2/c1-11(2)21-14-9-8-13(10-18-14)19-15(16(17)20)12-6-4-3-5-7-12/h3-11,15,19H,1-2H3,(H2,17,20)/t15-/m0/s1. The van der Waals surface area contributed by atoms with E-state index in [0.717, 1.165) is 5.56 Å². The van der Waals surface area contributed by atoms with Gasteiger partial charge in [0.05, 0.1) is 18.0 Å². The molecule has 2 aromatic rings. The lowest BCUT2D eigenvalue weighted by Crippen LogP contribution is -2.27. The Morgan fingerprint density at radius 1 is 1.19 bits per heavy atom. The second-order valence-corrected chi connectivity index (χ2v) is 4.94. The topological polar surface area (TPSA) is 77.2 Å². The van der Waals surface area contributed by atoms with E-state index in [2.05, 4.69) is 10.3 Å². The van der Waals surface area contributed by atoms with Gasteiger partial charge in [0.25, 0.3) is 0 Å². The number of carbonyl (C=O) groups excluding carboxylic acids is 1. The zero-order valence-corrected chi connectivity index (χ0v) is 12.1. The van der Waals surface area contributed by atoms with Gasteiger partial charge in [0.15, 0.2) is 0 Å². The molecule has 5 heteroatoms. The molecule has 1 aromatic heterocycles. The molecule has 0 spiro atoms. The van der Waals surface area contributed by atoms with Gasteiger partial charge in [-0.25, -0.2) is 4.98 Å². The number of amides is 1. The van der Waals surface area contributed by atoms with Crippen LogP contribution in [0.1, 0.15) is 25.5 Å².